The minimum absolute atomic E-state index is 0.0905. The van der Waals surface area contributed by atoms with E-state index in [0.29, 0.717) is 6.04 Å². The van der Waals surface area contributed by atoms with Crippen LogP contribution in [0.5, 0.6) is 0 Å². The first kappa shape index (κ1) is 13.2. The molecule has 0 amide bonds. The van der Waals surface area contributed by atoms with E-state index in [1.165, 1.54) is 29.2 Å². The Bertz CT molecular complexity index is 389. The van der Waals surface area contributed by atoms with Crippen LogP contribution in [0.3, 0.4) is 0 Å². The number of thioether (sulfide) groups is 1. The second kappa shape index (κ2) is 5.63. The monoisotopic (exact) mass is 314 g/mol. The molecule has 1 aliphatic rings. The highest BCUT2D eigenvalue weighted by Crippen LogP contribution is 2.32. The Morgan fingerprint density at radius 1 is 1.53 bits per heavy atom. The van der Waals surface area contributed by atoms with Gasteiger partial charge in [-0.2, -0.15) is 11.8 Å². The average molecular weight is 315 g/mol. The van der Waals surface area contributed by atoms with Gasteiger partial charge in [-0.3, -0.25) is 0 Å². The molecule has 4 heteroatoms. The van der Waals surface area contributed by atoms with Gasteiger partial charge in [-0.05, 0) is 52.7 Å². The van der Waals surface area contributed by atoms with Crippen LogP contribution < -0.4 is 10.6 Å². The van der Waals surface area contributed by atoms with Crippen molar-refractivity contribution in [3.63, 3.8) is 0 Å². The second-order valence-corrected chi connectivity index (χ2v) is 6.63. The molecule has 0 radical (unpaired) electrons. The van der Waals surface area contributed by atoms with E-state index < -0.39 is 0 Å². The zero-order valence-corrected chi connectivity index (χ0v) is 12.7. The van der Waals surface area contributed by atoms with Crippen molar-refractivity contribution in [2.24, 2.45) is 5.73 Å². The van der Waals surface area contributed by atoms with Crippen LogP contribution in [-0.4, -0.2) is 24.6 Å². The van der Waals surface area contributed by atoms with E-state index in [1.807, 2.05) is 18.7 Å². The lowest BCUT2D eigenvalue weighted by Gasteiger charge is -2.27. The smallest absolute Gasteiger partial charge is 0.0511 e. The van der Waals surface area contributed by atoms with Crippen LogP contribution in [0.2, 0.25) is 0 Å². The first-order valence-electron chi connectivity index (χ1n) is 5.95. The van der Waals surface area contributed by atoms with Gasteiger partial charge in [0.25, 0.3) is 0 Å². The summed E-state index contributed by atoms with van der Waals surface area (Å²) in [5, 5.41) is 0. The van der Waals surface area contributed by atoms with Crippen LogP contribution in [0.25, 0.3) is 0 Å². The van der Waals surface area contributed by atoms with Gasteiger partial charge in [-0.1, -0.05) is 6.07 Å². The van der Waals surface area contributed by atoms with Crippen LogP contribution in [0.15, 0.2) is 22.7 Å². The first-order chi connectivity index (χ1) is 8.09. The van der Waals surface area contributed by atoms with Crippen molar-refractivity contribution in [2.75, 3.05) is 23.5 Å². The minimum Gasteiger partial charge on any atom is -0.370 e. The van der Waals surface area contributed by atoms with Gasteiger partial charge in [0.1, 0.15) is 0 Å². The molecule has 1 heterocycles. The standard InChI is InChI=1S/C13H19BrN2S/c1-9(15)10-3-4-13(12(14)7-10)16(2)11-5-6-17-8-11/h3-4,7,9,11H,5-6,8,15H2,1-2H3/t9-,11?/m1/s1. The maximum atomic E-state index is 5.89. The van der Waals surface area contributed by atoms with E-state index in [1.54, 1.807) is 0 Å². The van der Waals surface area contributed by atoms with Gasteiger partial charge in [0.05, 0.1) is 5.69 Å². The van der Waals surface area contributed by atoms with Crippen LogP contribution in [0.4, 0.5) is 5.69 Å². The quantitative estimate of drug-likeness (QED) is 0.927. The number of nitrogens with zero attached hydrogens (tertiary/aromatic N) is 1. The van der Waals surface area contributed by atoms with E-state index in [4.69, 9.17) is 5.73 Å². The van der Waals surface area contributed by atoms with E-state index in [9.17, 15) is 0 Å². The van der Waals surface area contributed by atoms with Crippen molar-refractivity contribution in [3.05, 3.63) is 28.2 Å². The molecule has 0 aliphatic carbocycles. The largest absolute Gasteiger partial charge is 0.370 e. The predicted molar refractivity (Wildman–Crippen MR) is 80.9 cm³/mol. The molecule has 94 valence electrons. The van der Waals surface area contributed by atoms with Gasteiger partial charge in [-0.15, -0.1) is 0 Å². The van der Waals surface area contributed by atoms with Crippen molar-refractivity contribution in [3.8, 4) is 0 Å². The summed E-state index contributed by atoms with van der Waals surface area (Å²) in [7, 11) is 2.18. The summed E-state index contributed by atoms with van der Waals surface area (Å²) in [5.41, 5.74) is 8.33. The van der Waals surface area contributed by atoms with Crippen LogP contribution in [0.1, 0.15) is 24.9 Å². The normalized spacial score (nSPS) is 21.5. The van der Waals surface area contributed by atoms with E-state index in [0.717, 1.165) is 4.47 Å². The fraction of sp³-hybridized carbons (Fsp3) is 0.538. The summed E-state index contributed by atoms with van der Waals surface area (Å²) < 4.78 is 1.15. The zero-order chi connectivity index (χ0) is 12.4. The highest BCUT2D eigenvalue weighted by Gasteiger charge is 2.21. The van der Waals surface area contributed by atoms with Gasteiger partial charge < -0.3 is 10.6 Å². The van der Waals surface area contributed by atoms with Crippen molar-refractivity contribution >= 4 is 33.4 Å². The van der Waals surface area contributed by atoms with Gasteiger partial charge in [0.2, 0.25) is 0 Å². The van der Waals surface area contributed by atoms with Crippen LogP contribution in [-0.2, 0) is 0 Å². The topological polar surface area (TPSA) is 29.3 Å². The van der Waals surface area contributed by atoms with Crippen LogP contribution >= 0.6 is 27.7 Å². The molecule has 1 aliphatic heterocycles. The molecular formula is C13H19BrN2S. The third kappa shape index (κ3) is 2.98. The lowest BCUT2D eigenvalue weighted by Crippen LogP contribution is -2.31. The highest BCUT2D eigenvalue weighted by molar-refractivity contribution is 9.10. The number of hydrogen-bond donors (Lipinski definition) is 1. The van der Waals surface area contributed by atoms with Crippen molar-refractivity contribution in [1.29, 1.82) is 0 Å². The molecule has 0 bridgehead atoms. The molecule has 17 heavy (non-hydrogen) atoms. The van der Waals surface area contributed by atoms with Gasteiger partial charge in [-0.25, -0.2) is 0 Å². The molecule has 2 N–H and O–H groups in total. The molecule has 1 aromatic carbocycles. The molecule has 1 saturated heterocycles. The summed E-state index contributed by atoms with van der Waals surface area (Å²) in [5.74, 6) is 2.52. The fourth-order valence-corrected chi connectivity index (χ4v) is 4.06. The Hall–Kier alpha value is -0.190. The van der Waals surface area contributed by atoms with Crippen molar-refractivity contribution in [1.82, 2.24) is 0 Å². The zero-order valence-electron chi connectivity index (χ0n) is 10.3. The number of rotatable bonds is 3. The molecule has 1 aromatic rings. The molecule has 2 atom stereocenters. The average Bonchev–Trinajstić information content (AvgIpc) is 2.81. The van der Waals surface area contributed by atoms with Gasteiger partial charge in [0.15, 0.2) is 0 Å². The molecule has 0 spiro atoms. The molecule has 1 fully saturated rings. The SMILES string of the molecule is C[C@@H](N)c1ccc(N(C)C2CCSC2)c(Br)c1. The van der Waals surface area contributed by atoms with Gasteiger partial charge in [0, 0.05) is 29.4 Å². The Kier molecular flexibility index (Phi) is 4.39. The number of benzene rings is 1. The van der Waals surface area contributed by atoms with E-state index >= 15 is 0 Å². The number of hydrogen-bond acceptors (Lipinski definition) is 3. The molecule has 2 nitrogen and oxygen atoms in total. The van der Waals surface area contributed by atoms with E-state index in [2.05, 4.69) is 46.1 Å². The summed E-state index contributed by atoms with van der Waals surface area (Å²) in [4.78, 5) is 2.38. The number of anilines is 1. The maximum absolute atomic E-state index is 5.89. The first-order valence-corrected chi connectivity index (χ1v) is 7.90. The Morgan fingerprint density at radius 3 is 2.82 bits per heavy atom. The molecule has 1 unspecified atom stereocenters. The molecule has 0 aromatic heterocycles. The molecular weight excluding hydrogens is 296 g/mol. The minimum atomic E-state index is 0.0905. The Labute approximate surface area is 116 Å². The number of nitrogens with two attached hydrogens (primary N) is 1. The highest BCUT2D eigenvalue weighted by atomic mass is 79.9. The summed E-state index contributed by atoms with van der Waals surface area (Å²) in [6, 6.07) is 7.19. The van der Waals surface area contributed by atoms with Crippen LogP contribution in [0, 0.1) is 0 Å². The fourth-order valence-electron chi connectivity index (χ4n) is 2.12. The Balaban J connectivity index is 2.20. The van der Waals surface area contributed by atoms with Crippen molar-refractivity contribution in [2.45, 2.75) is 25.4 Å². The van der Waals surface area contributed by atoms with Gasteiger partial charge >= 0.3 is 0 Å². The Morgan fingerprint density at radius 2 is 2.29 bits per heavy atom. The lowest BCUT2D eigenvalue weighted by atomic mass is 10.1. The maximum Gasteiger partial charge on any atom is 0.0511 e. The van der Waals surface area contributed by atoms with E-state index in [-0.39, 0.29) is 6.04 Å². The van der Waals surface area contributed by atoms with Crippen molar-refractivity contribution < 1.29 is 0 Å². The third-order valence-electron chi connectivity index (χ3n) is 3.33. The second-order valence-electron chi connectivity index (χ2n) is 4.63. The predicted octanol–water partition coefficient (Wildman–Crippen LogP) is 3.41. The third-order valence-corrected chi connectivity index (χ3v) is 5.11. The summed E-state index contributed by atoms with van der Waals surface area (Å²) in [6.45, 7) is 2.01. The lowest BCUT2D eigenvalue weighted by molar-refractivity contribution is 0.698. The molecule has 0 saturated carbocycles. The number of halogens is 1. The summed E-state index contributed by atoms with van der Waals surface area (Å²) >= 11 is 5.70. The summed E-state index contributed by atoms with van der Waals surface area (Å²) in [6.07, 6.45) is 1.28. The molecule has 2 rings (SSSR count).